The smallest absolute Gasteiger partial charge is 0.277 e. The van der Waals surface area contributed by atoms with Crippen molar-refractivity contribution in [3.63, 3.8) is 0 Å². The first-order valence-corrected chi connectivity index (χ1v) is 8.50. The van der Waals surface area contributed by atoms with Gasteiger partial charge < -0.3 is 4.74 Å². The highest BCUT2D eigenvalue weighted by atomic mass is 16.5. The van der Waals surface area contributed by atoms with E-state index in [9.17, 15) is 4.79 Å². The van der Waals surface area contributed by atoms with Gasteiger partial charge in [0.1, 0.15) is 5.75 Å². The summed E-state index contributed by atoms with van der Waals surface area (Å²) in [4.78, 5) is 12.0. The van der Waals surface area contributed by atoms with Gasteiger partial charge in [-0.3, -0.25) is 4.79 Å². The predicted octanol–water partition coefficient (Wildman–Crippen LogP) is 4.35. The molecule has 0 aliphatic heterocycles. The van der Waals surface area contributed by atoms with Gasteiger partial charge in [0, 0.05) is 0 Å². The van der Waals surface area contributed by atoms with Crippen molar-refractivity contribution in [2.45, 2.75) is 40.5 Å². The van der Waals surface area contributed by atoms with Crippen molar-refractivity contribution < 1.29 is 9.53 Å². The van der Waals surface area contributed by atoms with Gasteiger partial charge in [-0.25, -0.2) is 5.43 Å². The van der Waals surface area contributed by atoms with Crippen LogP contribution in [0.15, 0.2) is 47.6 Å². The van der Waals surface area contributed by atoms with Gasteiger partial charge in [0.25, 0.3) is 5.91 Å². The van der Waals surface area contributed by atoms with Crippen LogP contribution in [0, 0.1) is 13.8 Å². The van der Waals surface area contributed by atoms with Gasteiger partial charge in [0.05, 0.1) is 5.71 Å². The van der Waals surface area contributed by atoms with E-state index in [1.807, 2.05) is 57.2 Å². The van der Waals surface area contributed by atoms with Crippen LogP contribution in [0.4, 0.5) is 0 Å². The molecule has 0 aliphatic rings. The lowest BCUT2D eigenvalue weighted by molar-refractivity contribution is -0.123. The van der Waals surface area contributed by atoms with Crippen LogP contribution in [0.3, 0.4) is 0 Å². The van der Waals surface area contributed by atoms with Crippen molar-refractivity contribution in [3.05, 3.63) is 64.7 Å². The van der Waals surface area contributed by atoms with Crippen molar-refractivity contribution in [1.82, 2.24) is 5.43 Å². The first-order chi connectivity index (χ1) is 11.9. The molecule has 2 aromatic carbocycles. The maximum Gasteiger partial charge on any atom is 0.277 e. The van der Waals surface area contributed by atoms with Crippen molar-refractivity contribution in [2.75, 3.05) is 6.61 Å². The Labute approximate surface area is 149 Å². The van der Waals surface area contributed by atoms with Crippen molar-refractivity contribution in [3.8, 4) is 5.75 Å². The van der Waals surface area contributed by atoms with E-state index >= 15 is 0 Å². The Balaban J connectivity index is 1.96. The average molecular weight is 338 g/mol. The lowest BCUT2D eigenvalue weighted by Crippen LogP contribution is -2.26. The fourth-order valence-electron chi connectivity index (χ4n) is 2.42. The van der Waals surface area contributed by atoms with Crippen molar-refractivity contribution in [2.24, 2.45) is 5.10 Å². The van der Waals surface area contributed by atoms with Gasteiger partial charge in [0.2, 0.25) is 0 Å². The molecule has 1 amide bonds. The summed E-state index contributed by atoms with van der Waals surface area (Å²) in [5, 5.41) is 4.15. The Kier molecular flexibility index (Phi) is 6.34. The molecule has 0 aromatic heterocycles. The van der Waals surface area contributed by atoms with E-state index in [-0.39, 0.29) is 12.5 Å². The van der Waals surface area contributed by atoms with Crippen LogP contribution in [0.5, 0.6) is 5.75 Å². The highest BCUT2D eigenvalue weighted by molar-refractivity contribution is 5.99. The molecule has 2 rings (SSSR count). The fraction of sp³-hybridized carbons (Fsp3) is 0.333. The summed E-state index contributed by atoms with van der Waals surface area (Å²) in [5.74, 6) is 0.813. The number of aryl methyl sites for hydroxylation is 2. The van der Waals surface area contributed by atoms with E-state index in [1.54, 1.807) is 0 Å². The highest BCUT2D eigenvalue weighted by Gasteiger charge is 2.10. The third-order valence-electron chi connectivity index (χ3n) is 3.97. The van der Waals surface area contributed by atoms with E-state index in [1.165, 1.54) is 5.56 Å². The number of hydrogen-bond acceptors (Lipinski definition) is 3. The maximum atomic E-state index is 12.0. The van der Waals surface area contributed by atoms with Gasteiger partial charge in [-0.05, 0) is 49.4 Å². The topological polar surface area (TPSA) is 50.7 Å². The Morgan fingerprint density at radius 1 is 1.08 bits per heavy atom. The van der Waals surface area contributed by atoms with Crippen LogP contribution in [0.1, 0.15) is 48.9 Å². The lowest BCUT2D eigenvalue weighted by atomic mass is 10.0. The molecule has 4 heteroatoms. The molecule has 0 aliphatic carbocycles. The number of nitrogens with zero attached hydrogens (tertiary/aromatic N) is 1. The van der Waals surface area contributed by atoms with Crippen LogP contribution in [0.2, 0.25) is 0 Å². The number of carbonyl (C=O) groups excluding carboxylic acids is 1. The minimum atomic E-state index is -0.275. The summed E-state index contributed by atoms with van der Waals surface area (Å²) in [6, 6.07) is 14.1. The Hall–Kier alpha value is -2.62. The molecule has 0 radical (unpaired) electrons. The fourth-order valence-corrected chi connectivity index (χ4v) is 2.42. The highest BCUT2D eigenvalue weighted by Crippen LogP contribution is 2.27. The molecule has 2 aromatic rings. The maximum absolute atomic E-state index is 12.0. The Morgan fingerprint density at radius 3 is 2.36 bits per heavy atom. The molecule has 25 heavy (non-hydrogen) atoms. The van der Waals surface area contributed by atoms with Gasteiger partial charge in [-0.2, -0.15) is 5.10 Å². The van der Waals surface area contributed by atoms with Crippen LogP contribution in [-0.2, 0) is 4.79 Å². The van der Waals surface area contributed by atoms with E-state index in [2.05, 4.69) is 30.4 Å². The third kappa shape index (κ3) is 5.45. The van der Waals surface area contributed by atoms with Crippen molar-refractivity contribution in [1.29, 1.82) is 0 Å². The van der Waals surface area contributed by atoms with E-state index < -0.39 is 0 Å². The molecule has 0 atom stereocenters. The minimum absolute atomic E-state index is 0.0617. The summed E-state index contributed by atoms with van der Waals surface area (Å²) >= 11 is 0. The lowest BCUT2D eigenvalue weighted by Gasteiger charge is -2.14. The molecule has 0 bridgehead atoms. The van der Waals surface area contributed by atoms with E-state index in [0.717, 1.165) is 28.2 Å². The number of amides is 1. The number of carbonyl (C=O) groups is 1. The Bertz CT molecular complexity index is 762. The van der Waals surface area contributed by atoms with Crippen LogP contribution < -0.4 is 10.2 Å². The zero-order valence-corrected chi connectivity index (χ0v) is 15.6. The number of nitrogens with one attached hydrogen (secondary N) is 1. The Morgan fingerprint density at radius 2 is 1.72 bits per heavy atom. The summed E-state index contributed by atoms with van der Waals surface area (Å²) in [6.07, 6.45) is 0. The van der Waals surface area contributed by atoms with E-state index in [4.69, 9.17) is 4.74 Å². The number of rotatable bonds is 6. The monoisotopic (exact) mass is 338 g/mol. The predicted molar refractivity (Wildman–Crippen MR) is 102 cm³/mol. The standard InChI is InChI=1S/C21H26N2O2/c1-14(2)19-11-8-16(4)12-20(19)25-13-21(24)23-22-17(5)18-9-6-15(3)7-10-18/h6-12,14H,13H2,1-5H3,(H,23,24)/b22-17-. The molecule has 0 spiro atoms. The molecule has 1 N–H and O–H groups in total. The van der Waals surface area contributed by atoms with Crippen LogP contribution in [-0.4, -0.2) is 18.2 Å². The van der Waals surface area contributed by atoms with Crippen LogP contribution >= 0.6 is 0 Å². The molecular weight excluding hydrogens is 312 g/mol. The summed E-state index contributed by atoms with van der Waals surface area (Å²) in [6.45, 7) is 10.1. The summed E-state index contributed by atoms with van der Waals surface area (Å²) in [5.41, 5.74) is 7.68. The van der Waals surface area contributed by atoms with Gasteiger partial charge in [0.15, 0.2) is 6.61 Å². The van der Waals surface area contributed by atoms with Gasteiger partial charge in [-0.15, -0.1) is 0 Å². The normalized spacial score (nSPS) is 11.5. The SMILES string of the molecule is C/C(=N/NC(=O)COc1cc(C)ccc1C(C)C)c1ccc(C)cc1. The quantitative estimate of drug-likeness (QED) is 0.629. The first kappa shape index (κ1) is 18.7. The van der Waals surface area contributed by atoms with E-state index in [0.29, 0.717) is 5.92 Å². The first-order valence-electron chi connectivity index (χ1n) is 8.50. The summed E-state index contributed by atoms with van der Waals surface area (Å²) in [7, 11) is 0. The second kappa shape index (κ2) is 8.47. The van der Waals surface area contributed by atoms with Gasteiger partial charge in [-0.1, -0.05) is 55.8 Å². The molecule has 0 saturated heterocycles. The average Bonchev–Trinajstić information content (AvgIpc) is 2.58. The molecule has 4 nitrogen and oxygen atoms in total. The molecule has 0 saturated carbocycles. The molecule has 0 heterocycles. The van der Waals surface area contributed by atoms with Gasteiger partial charge >= 0.3 is 0 Å². The second-order valence-electron chi connectivity index (χ2n) is 6.58. The zero-order chi connectivity index (χ0) is 18.4. The minimum Gasteiger partial charge on any atom is -0.483 e. The molecular formula is C21H26N2O2. The van der Waals surface area contributed by atoms with Crippen molar-refractivity contribution >= 4 is 11.6 Å². The third-order valence-corrected chi connectivity index (χ3v) is 3.97. The molecule has 132 valence electrons. The summed E-state index contributed by atoms with van der Waals surface area (Å²) < 4.78 is 5.71. The second-order valence-corrected chi connectivity index (χ2v) is 6.58. The molecule has 0 fully saturated rings. The number of benzene rings is 2. The number of ether oxygens (including phenoxy) is 1. The number of hydrogen-bond donors (Lipinski definition) is 1. The zero-order valence-electron chi connectivity index (χ0n) is 15.6. The largest absolute Gasteiger partial charge is 0.483 e. The molecule has 0 unspecified atom stereocenters. The van der Waals surface area contributed by atoms with Crippen LogP contribution in [0.25, 0.3) is 0 Å². The number of hydrazone groups is 1.